The van der Waals surface area contributed by atoms with Crippen molar-refractivity contribution in [1.29, 1.82) is 0 Å². The van der Waals surface area contributed by atoms with E-state index in [1.165, 1.54) is 13.2 Å². The first-order chi connectivity index (χ1) is 18.2. The number of hydrogen-bond acceptors (Lipinski definition) is 8. The Balaban J connectivity index is 1.34. The fourth-order valence-corrected chi connectivity index (χ4v) is 4.99. The smallest absolute Gasteiger partial charge is 0.310 e. The second-order valence-electron chi connectivity index (χ2n) is 9.76. The lowest BCUT2D eigenvalue weighted by atomic mass is 10.1. The summed E-state index contributed by atoms with van der Waals surface area (Å²) in [6.45, 7) is 7.91. The van der Waals surface area contributed by atoms with Gasteiger partial charge < -0.3 is 14.6 Å². The van der Waals surface area contributed by atoms with Gasteiger partial charge in [0, 0.05) is 30.9 Å². The lowest BCUT2D eigenvalue weighted by molar-refractivity contribution is -0.144. The maximum Gasteiger partial charge on any atom is 0.310 e. The highest BCUT2D eigenvalue weighted by Crippen LogP contribution is 2.30. The Labute approximate surface area is 218 Å². The third-order valence-corrected chi connectivity index (χ3v) is 6.74. The number of ether oxygens (including phenoxy) is 1. The second-order valence-corrected chi connectivity index (χ2v) is 9.76. The quantitative estimate of drug-likeness (QED) is 0.347. The molecule has 4 aromatic rings. The topological polar surface area (TPSA) is 98.1 Å². The number of methoxy groups -OCH3 is 1. The summed E-state index contributed by atoms with van der Waals surface area (Å²) in [5.74, 6) is -0.179. The maximum absolute atomic E-state index is 14.9. The van der Waals surface area contributed by atoms with Gasteiger partial charge in [-0.05, 0) is 57.5 Å². The summed E-state index contributed by atoms with van der Waals surface area (Å²) in [7, 11) is 1.41. The third-order valence-electron chi connectivity index (χ3n) is 6.74. The standard InChI is InChI=1S/C27H29F2N7O2/c1-15(2)36-16(3)32-25-20(28)9-19(10-22(25)36)24-21(29)12-31-27(34-24)33-23-6-5-17(11-30-23)13-35-8-7-18(14-35)26(37)38-4/h5-6,9-12,15,18H,7-8,13-14H2,1-4H3,(H,30,31,33,34)/t18-/m0/s1. The number of nitrogens with zero attached hydrogens (tertiary/aromatic N) is 6. The molecular weight excluding hydrogens is 492 g/mol. The van der Waals surface area contributed by atoms with Crippen LogP contribution in [0, 0.1) is 24.5 Å². The fourth-order valence-electron chi connectivity index (χ4n) is 4.99. The van der Waals surface area contributed by atoms with Gasteiger partial charge in [-0.1, -0.05) is 6.07 Å². The molecule has 0 aliphatic carbocycles. The molecule has 0 unspecified atom stereocenters. The lowest BCUT2D eigenvalue weighted by Gasteiger charge is -2.15. The highest BCUT2D eigenvalue weighted by molar-refractivity contribution is 5.83. The third kappa shape index (κ3) is 5.06. The van der Waals surface area contributed by atoms with E-state index in [9.17, 15) is 13.6 Å². The number of halogens is 2. The van der Waals surface area contributed by atoms with Crippen LogP contribution in [0.5, 0.6) is 0 Å². The number of aryl methyl sites for hydroxylation is 1. The molecule has 1 saturated heterocycles. The number of aromatic nitrogens is 5. The van der Waals surface area contributed by atoms with Crippen LogP contribution in [0.4, 0.5) is 20.5 Å². The Hall–Kier alpha value is -3.99. The van der Waals surface area contributed by atoms with Gasteiger partial charge >= 0.3 is 5.97 Å². The number of anilines is 2. The Bertz CT molecular complexity index is 1490. The Morgan fingerprint density at radius 1 is 1.16 bits per heavy atom. The van der Waals surface area contributed by atoms with Gasteiger partial charge in [0.05, 0.1) is 24.7 Å². The number of pyridine rings is 1. The molecule has 9 nitrogen and oxygen atoms in total. The molecule has 198 valence electrons. The SMILES string of the molecule is COC(=O)[C@H]1CCN(Cc2ccc(Nc3ncc(F)c(-c4cc(F)c5nc(C)n(C(C)C)c5c4)n3)nc2)C1. The summed E-state index contributed by atoms with van der Waals surface area (Å²) >= 11 is 0. The van der Waals surface area contributed by atoms with Gasteiger partial charge in [-0.3, -0.25) is 9.69 Å². The van der Waals surface area contributed by atoms with E-state index in [-0.39, 0.29) is 35.1 Å². The number of rotatable bonds is 7. The fraction of sp³-hybridized carbons (Fsp3) is 0.370. The monoisotopic (exact) mass is 521 g/mol. The van der Waals surface area contributed by atoms with E-state index < -0.39 is 11.6 Å². The first-order valence-electron chi connectivity index (χ1n) is 12.5. The number of hydrogen-bond donors (Lipinski definition) is 1. The molecule has 1 aliphatic heterocycles. The molecule has 11 heteroatoms. The Morgan fingerprint density at radius 3 is 2.68 bits per heavy atom. The van der Waals surface area contributed by atoms with E-state index in [1.54, 1.807) is 18.3 Å². The number of carbonyl (C=O) groups is 1. The molecule has 1 atom stereocenters. The van der Waals surface area contributed by atoms with E-state index in [0.717, 1.165) is 24.7 Å². The Kier molecular flexibility index (Phi) is 7.02. The first kappa shape index (κ1) is 25.7. The average molecular weight is 522 g/mol. The predicted molar refractivity (Wildman–Crippen MR) is 139 cm³/mol. The minimum Gasteiger partial charge on any atom is -0.469 e. The van der Waals surface area contributed by atoms with Gasteiger partial charge in [0.25, 0.3) is 0 Å². The largest absolute Gasteiger partial charge is 0.469 e. The van der Waals surface area contributed by atoms with Crippen LogP contribution in [0.1, 0.15) is 37.7 Å². The molecule has 1 fully saturated rings. The van der Waals surface area contributed by atoms with Crippen molar-refractivity contribution < 1.29 is 18.3 Å². The average Bonchev–Trinajstić information content (AvgIpc) is 3.50. The van der Waals surface area contributed by atoms with Gasteiger partial charge in [-0.2, -0.15) is 0 Å². The number of nitrogens with one attached hydrogen (secondary N) is 1. The van der Waals surface area contributed by atoms with Crippen LogP contribution in [0.2, 0.25) is 0 Å². The molecule has 4 heterocycles. The molecule has 0 radical (unpaired) electrons. The van der Waals surface area contributed by atoms with E-state index >= 15 is 0 Å². The molecule has 5 rings (SSSR count). The highest BCUT2D eigenvalue weighted by atomic mass is 19.1. The number of fused-ring (bicyclic) bond motifs is 1. The van der Waals surface area contributed by atoms with Crippen molar-refractivity contribution >= 4 is 28.8 Å². The van der Waals surface area contributed by atoms with E-state index in [2.05, 4.69) is 30.2 Å². The van der Waals surface area contributed by atoms with E-state index in [1.807, 2.05) is 31.4 Å². The number of likely N-dealkylation sites (tertiary alicyclic amines) is 1. The van der Waals surface area contributed by atoms with Crippen LogP contribution in [0.15, 0.2) is 36.7 Å². The Morgan fingerprint density at radius 2 is 1.97 bits per heavy atom. The molecule has 0 saturated carbocycles. The molecule has 1 N–H and O–H groups in total. The summed E-state index contributed by atoms with van der Waals surface area (Å²) in [5, 5.41) is 2.99. The van der Waals surface area contributed by atoms with Crippen LogP contribution < -0.4 is 5.32 Å². The molecular formula is C27H29F2N7O2. The number of carbonyl (C=O) groups excluding carboxylic acids is 1. The minimum atomic E-state index is -0.666. The van der Waals surface area contributed by atoms with Crippen molar-refractivity contribution in [3.8, 4) is 11.3 Å². The van der Waals surface area contributed by atoms with Crippen LogP contribution in [0.25, 0.3) is 22.3 Å². The first-order valence-corrected chi connectivity index (χ1v) is 12.5. The molecule has 38 heavy (non-hydrogen) atoms. The predicted octanol–water partition coefficient (Wildman–Crippen LogP) is 4.79. The van der Waals surface area contributed by atoms with Crippen molar-refractivity contribution in [3.05, 3.63) is 59.7 Å². The summed E-state index contributed by atoms with van der Waals surface area (Å²) in [5.41, 5.74) is 2.07. The number of imidazole rings is 1. The van der Waals surface area contributed by atoms with Crippen molar-refractivity contribution in [2.75, 3.05) is 25.5 Å². The molecule has 0 bridgehead atoms. The number of benzene rings is 1. The van der Waals surface area contributed by atoms with Crippen LogP contribution in [-0.4, -0.2) is 55.6 Å². The van der Waals surface area contributed by atoms with Crippen molar-refractivity contribution in [2.24, 2.45) is 5.92 Å². The van der Waals surface area contributed by atoms with Crippen LogP contribution >= 0.6 is 0 Å². The van der Waals surface area contributed by atoms with Crippen molar-refractivity contribution in [1.82, 2.24) is 29.4 Å². The molecule has 1 aromatic carbocycles. The van der Waals surface area contributed by atoms with Gasteiger partial charge in [0.1, 0.15) is 22.9 Å². The van der Waals surface area contributed by atoms with Crippen molar-refractivity contribution in [2.45, 2.75) is 39.8 Å². The minimum absolute atomic E-state index is 0.0247. The lowest BCUT2D eigenvalue weighted by Crippen LogP contribution is -2.23. The molecule has 0 amide bonds. The summed E-state index contributed by atoms with van der Waals surface area (Å²) < 4.78 is 36.5. The normalized spacial score (nSPS) is 15.9. The van der Waals surface area contributed by atoms with Gasteiger partial charge in [0.15, 0.2) is 11.6 Å². The zero-order valence-electron chi connectivity index (χ0n) is 21.7. The molecule has 1 aliphatic rings. The molecule has 0 spiro atoms. The van der Waals surface area contributed by atoms with Crippen LogP contribution in [0.3, 0.4) is 0 Å². The van der Waals surface area contributed by atoms with Gasteiger partial charge in [-0.15, -0.1) is 0 Å². The second kappa shape index (κ2) is 10.4. The maximum atomic E-state index is 14.9. The van der Waals surface area contributed by atoms with Gasteiger partial charge in [-0.25, -0.2) is 28.7 Å². The number of esters is 1. The summed E-state index contributed by atoms with van der Waals surface area (Å²) in [4.78, 5) is 31.1. The van der Waals surface area contributed by atoms with Crippen molar-refractivity contribution in [3.63, 3.8) is 0 Å². The van der Waals surface area contributed by atoms with E-state index in [4.69, 9.17) is 4.74 Å². The zero-order valence-corrected chi connectivity index (χ0v) is 21.7. The summed E-state index contributed by atoms with van der Waals surface area (Å²) in [6.07, 6.45) is 3.56. The summed E-state index contributed by atoms with van der Waals surface area (Å²) in [6, 6.07) is 6.69. The highest BCUT2D eigenvalue weighted by Gasteiger charge is 2.28. The van der Waals surface area contributed by atoms with Gasteiger partial charge in [0.2, 0.25) is 5.95 Å². The van der Waals surface area contributed by atoms with Crippen LogP contribution in [-0.2, 0) is 16.1 Å². The van der Waals surface area contributed by atoms with E-state index in [0.29, 0.717) is 35.8 Å². The molecule has 3 aromatic heterocycles. The zero-order chi connectivity index (χ0) is 27.0.